The predicted octanol–water partition coefficient (Wildman–Crippen LogP) is 6.50. The average Bonchev–Trinajstić information content (AvgIpc) is 3.20. The minimum atomic E-state index is 0.00107. The van der Waals surface area contributed by atoms with Gasteiger partial charge >= 0.3 is 0 Å². The van der Waals surface area contributed by atoms with Crippen LogP contribution in [0, 0.1) is 5.41 Å². The molecule has 1 aromatic heterocycles. The second-order valence-electron chi connectivity index (χ2n) is 9.82. The van der Waals surface area contributed by atoms with E-state index in [4.69, 9.17) is 16.6 Å². The molecule has 170 valence electrons. The van der Waals surface area contributed by atoms with Crippen LogP contribution in [-0.4, -0.2) is 28.4 Å². The third-order valence-electron chi connectivity index (χ3n) is 7.85. The Kier molecular flexibility index (Phi) is 5.18. The van der Waals surface area contributed by atoms with Crippen molar-refractivity contribution < 1.29 is 4.79 Å². The van der Waals surface area contributed by atoms with Gasteiger partial charge in [-0.25, -0.2) is 0 Å². The van der Waals surface area contributed by atoms with E-state index in [0.717, 1.165) is 43.1 Å². The van der Waals surface area contributed by atoms with Crippen LogP contribution in [0.1, 0.15) is 30.2 Å². The number of likely N-dealkylation sites (tertiary alicyclic amines) is 1. The number of halogens is 1. The van der Waals surface area contributed by atoms with Crippen molar-refractivity contribution in [3.8, 4) is 11.1 Å². The molecule has 4 heteroatoms. The highest BCUT2D eigenvalue weighted by Gasteiger charge is 2.51. The molecule has 2 atom stereocenters. The molecule has 0 N–H and O–H groups in total. The summed E-state index contributed by atoms with van der Waals surface area (Å²) in [5, 5.41) is 1.80. The van der Waals surface area contributed by atoms with Crippen LogP contribution in [0.15, 0.2) is 78.9 Å². The molecule has 2 aliphatic rings. The van der Waals surface area contributed by atoms with Crippen LogP contribution in [0.4, 0.5) is 0 Å². The fourth-order valence-corrected chi connectivity index (χ4v) is 6.50. The van der Waals surface area contributed by atoms with Gasteiger partial charge in [0.25, 0.3) is 0 Å². The van der Waals surface area contributed by atoms with E-state index >= 15 is 0 Å². The summed E-state index contributed by atoms with van der Waals surface area (Å²) in [6, 6.07) is 27.4. The number of fused-ring (bicyclic) bond motifs is 3. The number of hydrogen-bond acceptors (Lipinski definition) is 2. The number of amides is 1. The number of hydrogen-bond donors (Lipinski definition) is 0. The summed E-state index contributed by atoms with van der Waals surface area (Å²) in [5.74, 6) is 0.168. The maximum Gasteiger partial charge on any atom is 0.219 e. The number of pyridine rings is 1. The fourth-order valence-electron chi connectivity index (χ4n) is 6.33. The number of rotatable bonds is 3. The molecule has 0 unspecified atom stereocenters. The third-order valence-corrected chi connectivity index (χ3v) is 8.09. The van der Waals surface area contributed by atoms with Crippen LogP contribution in [0.5, 0.6) is 0 Å². The van der Waals surface area contributed by atoms with Crippen molar-refractivity contribution in [3.63, 3.8) is 0 Å². The normalized spacial score (nSPS) is 21.4. The summed E-state index contributed by atoms with van der Waals surface area (Å²) in [6.45, 7) is 2.53. The van der Waals surface area contributed by atoms with Crippen molar-refractivity contribution in [2.24, 2.45) is 5.41 Å². The van der Waals surface area contributed by atoms with Crippen molar-refractivity contribution in [1.82, 2.24) is 9.88 Å². The summed E-state index contributed by atoms with van der Waals surface area (Å²) in [6.07, 6.45) is 3.67. The molecule has 34 heavy (non-hydrogen) atoms. The molecule has 1 fully saturated rings. The number of carbonyl (C=O) groups is 1. The van der Waals surface area contributed by atoms with Gasteiger partial charge in [0, 0.05) is 41.0 Å². The van der Waals surface area contributed by atoms with Crippen LogP contribution in [0.25, 0.3) is 22.0 Å². The van der Waals surface area contributed by atoms with Crippen molar-refractivity contribution >= 4 is 28.4 Å². The molecule has 1 saturated heterocycles. The van der Waals surface area contributed by atoms with E-state index in [1.807, 2.05) is 24.3 Å². The Balaban J connectivity index is 1.57. The minimum absolute atomic E-state index is 0.00107. The van der Waals surface area contributed by atoms with Crippen LogP contribution < -0.4 is 0 Å². The Morgan fingerprint density at radius 1 is 1.06 bits per heavy atom. The zero-order valence-electron chi connectivity index (χ0n) is 19.3. The second kappa shape index (κ2) is 8.25. The minimum Gasteiger partial charge on any atom is -0.339 e. The lowest BCUT2D eigenvalue weighted by atomic mass is 9.65. The maximum absolute atomic E-state index is 12.7. The summed E-state index contributed by atoms with van der Waals surface area (Å²) in [4.78, 5) is 20.0. The standard InChI is InChI=1S/C30H27ClN2O/c1-20(34)33-15-14-30(18-21-8-4-2-5-9-21)19-27-25(17-28(30)33)29(22-10-6-3-7-11-22)24-16-23(31)12-13-26(24)32-27/h2-13,16,28H,14-15,17-19H2,1H3/t28-,30+/m0/s1. The summed E-state index contributed by atoms with van der Waals surface area (Å²) in [7, 11) is 0. The van der Waals surface area contributed by atoms with Gasteiger partial charge in [-0.3, -0.25) is 9.78 Å². The molecule has 2 heterocycles. The molecule has 3 aromatic carbocycles. The van der Waals surface area contributed by atoms with E-state index in [2.05, 4.69) is 59.5 Å². The Bertz CT molecular complexity index is 1390. The van der Waals surface area contributed by atoms with Gasteiger partial charge < -0.3 is 4.90 Å². The first kappa shape index (κ1) is 21.4. The first-order valence-corrected chi connectivity index (χ1v) is 12.4. The molecular formula is C30H27ClN2O. The summed E-state index contributed by atoms with van der Waals surface area (Å²) < 4.78 is 0. The van der Waals surface area contributed by atoms with Gasteiger partial charge in [0.05, 0.1) is 5.52 Å². The predicted molar refractivity (Wildman–Crippen MR) is 138 cm³/mol. The van der Waals surface area contributed by atoms with E-state index in [0.29, 0.717) is 5.02 Å². The smallest absolute Gasteiger partial charge is 0.219 e. The molecule has 0 spiro atoms. The molecule has 1 amide bonds. The van der Waals surface area contributed by atoms with Crippen LogP contribution in [0.2, 0.25) is 5.02 Å². The lowest BCUT2D eigenvalue weighted by Crippen LogP contribution is -2.48. The van der Waals surface area contributed by atoms with Crippen LogP contribution in [-0.2, 0) is 24.1 Å². The van der Waals surface area contributed by atoms with E-state index < -0.39 is 0 Å². The number of aromatic nitrogens is 1. The molecule has 6 rings (SSSR count). The zero-order chi connectivity index (χ0) is 23.3. The van der Waals surface area contributed by atoms with Crippen molar-refractivity contribution in [2.75, 3.05) is 6.54 Å². The number of carbonyl (C=O) groups excluding carboxylic acids is 1. The van der Waals surface area contributed by atoms with Gasteiger partial charge in [0.15, 0.2) is 0 Å². The molecule has 0 radical (unpaired) electrons. The maximum atomic E-state index is 12.7. The molecule has 1 aliphatic heterocycles. The number of benzene rings is 3. The third kappa shape index (κ3) is 3.50. The first-order valence-electron chi connectivity index (χ1n) is 12.0. The lowest BCUT2D eigenvalue weighted by Gasteiger charge is -2.43. The van der Waals surface area contributed by atoms with Crippen LogP contribution in [0.3, 0.4) is 0 Å². The Morgan fingerprint density at radius 3 is 2.53 bits per heavy atom. The second-order valence-corrected chi connectivity index (χ2v) is 10.3. The van der Waals surface area contributed by atoms with E-state index in [9.17, 15) is 4.79 Å². The van der Waals surface area contributed by atoms with Gasteiger partial charge in [-0.05, 0) is 66.1 Å². The molecule has 3 nitrogen and oxygen atoms in total. The Morgan fingerprint density at radius 2 is 1.79 bits per heavy atom. The van der Waals surface area contributed by atoms with Crippen molar-refractivity contribution in [2.45, 2.75) is 38.6 Å². The molecule has 0 bridgehead atoms. The SMILES string of the molecule is CC(=O)N1CC[C@@]2(Cc3ccccc3)Cc3nc4ccc(Cl)cc4c(-c4ccccc4)c3C[C@H]12. The molecule has 4 aromatic rings. The molecule has 1 aliphatic carbocycles. The van der Waals surface area contributed by atoms with Crippen molar-refractivity contribution in [3.05, 3.63) is 101 Å². The molecule has 0 saturated carbocycles. The lowest BCUT2D eigenvalue weighted by molar-refractivity contribution is -0.130. The van der Waals surface area contributed by atoms with Gasteiger partial charge in [-0.15, -0.1) is 0 Å². The van der Waals surface area contributed by atoms with Gasteiger partial charge in [0.2, 0.25) is 5.91 Å². The topological polar surface area (TPSA) is 33.2 Å². The van der Waals surface area contributed by atoms with Gasteiger partial charge in [0.1, 0.15) is 0 Å². The summed E-state index contributed by atoms with van der Waals surface area (Å²) >= 11 is 6.45. The molecular weight excluding hydrogens is 440 g/mol. The average molecular weight is 467 g/mol. The quantitative estimate of drug-likeness (QED) is 0.345. The number of nitrogens with zero attached hydrogens (tertiary/aromatic N) is 2. The van der Waals surface area contributed by atoms with Crippen LogP contribution >= 0.6 is 11.6 Å². The highest BCUT2D eigenvalue weighted by Crippen LogP contribution is 2.50. The summed E-state index contributed by atoms with van der Waals surface area (Å²) in [5.41, 5.74) is 7.15. The Labute approximate surface area is 205 Å². The van der Waals surface area contributed by atoms with Gasteiger partial charge in [-0.1, -0.05) is 72.3 Å². The fraction of sp³-hybridized carbons (Fsp3) is 0.267. The largest absolute Gasteiger partial charge is 0.339 e. The van der Waals surface area contributed by atoms with Crippen molar-refractivity contribution in [1.29, 1.82) is 0 Å². The van der Waals surface area contributed by atoms with Gasteiger partial charge in [-0.2, -0.15) is 0 Å². The van der Waals surface area contributed by atoms with E-state index in [1.54, 1.807) is 6.92 Å². The highest BCUT2D eigenvalue weighted by molar-refractivity contribution is 6.31. The van der Waals surface area contributed by atoms with E-state index in [-0.39, 0.29) is 17.4 Å². The first-order chi connectivity index (χ1) is 16.5. The highest BCUT2D eigenvalue weighted by atomic mass is 35.5. The zero-order valence-corrected chi connectivity index (χ0v) is 20.1. The monoisotopic (exact) mass is 466 g/mol. The van der Waals surface area contributed by atoms with E-state index in [1.165, 1.54) is 27.9 Å². The Hall–Kier alpha value is -3.17.